The molecule has 0 unspecified atom stereocenters. The summed E-state index contributed by atoms with van der Waals surface area (Å²) >= 11 is 0. The molecule has 0 saturated carbocycles. The predicted molar refractivity (Wildman–Crippen MR) is 58.4 cm³/mol. The number of pyridine rings is 1. The van der Waals surface area contributed by atoms with Crippen LogP contribution >= 0.6 is 0 Å². The lowest BCUT2D eigenvalue weighted by Gasteiger charge is -2.08. The van der Waals surface area contributed by atoms with Gasteiger partial charge in [-0.25, -0.2) is 22.5 Å². The first kappa shape index (κ1) is 13.9. The third-order valence-electron chi connectivity index (χ3n) is 2.33. The Bertz CT molecular complexity index is 690. The number of hydrogen-bond acceptors (Lipinski definition) is 2. The van der Waals surface area contributed by atoms with E-state index in [-0.39, 0.29) is 6.07 Å². The quantitative estimate of drug-likeness (QED) is 0.524. The molecule has 2 aromatic rings. The van der Waals surface area contributed by atoms with E-state index in [4.69, 9.17) is 0 Å². The van der Waals surface area contributed by atoms with Crippen LogP contribution in [-0.4, -0.2) is 10.9 Å². The van der Waals surface area contributed by atoms with Crippen LogP contribution in [0.5, 0.6) is 0 Å². The van der Waals surface area contributed by atoms with E-state index in [1.807, 2.05) is 0 Å². The molecule has 1 aromatic heterocycles. The minimum Gasteiger partial charge on any atom is -0.319 e. The highest BCUT2D eigenvalue weighted by Crippen LogP contribution is 2.20. The van der Waals surface area contributed by atoms with Crippen molar-refractivity contribution in [1.29, 1.82) is 0 Å². The molecule has 1 N–H and O–H groups in total. The van der Waals surface area contributed by atoms with Gasteiger partial charge in [-0.1, -0.05) is 0 Å². The number of halogens is 5. The molecule has 20 heavy (non-hydrogen) atoms. The Hall–Kier alpha value is -2.51. The second kappa shape index (κ2) is 5.24. The number of hydrogen-bond donors (Lipinski definition) is 1. The Labute approximate surface area is 109 Å². The van der Waals surface area contributed by atoms with Crippen LogP contribution in [-0.2, 0) is 0 Å². The molecular weight excluding hydrogens is 283 g/mol. The predicted octanol–water partition coefficient (Wildman–Crippen LogP) is 3.03. The third-order valence-corrected chi connectivity index (χ3v) is 2.33. The number of nitrogens with zero attached hydrogens (tertiary/aromatic N) is 1. The van der Waals surface area contributed by atoms with Crippen LogP contribution in [0.15, 0.2) is 24.4 Å². The topological polar surface area (TPSA) is 42.0 Å². The Morgan fingerprint density at radius 1 is 1.05 bits per heavy atom. The minimum absolute atomic E-state index is 0.275. The van der Waals surface area contributed by atoms with E-state index in [9.17, 15) is 26.7 Å². The van der Waals surface area contributed by atoms with E-state index in [1.54, 1.807) is 5.32 Å². The fourth-order valence-electron chi connectivity index (χ4n) is 1.43. The second-order valence-electron chi connectivity index (χ2n) is 3.67. The van der Waals surface area contributed by atoms with Gasteiger partial charge in [0.2, 0.25) is 5.95 Å². The highest BCUT2D eigenvalue weighted by molar-refractivity contribution is 6.04. The van der Waals surface area contributed by atoms with Gasteiger partial charge in [-0.3, -0.25) is 4.79 Å². The lowest BCUT2D eigenvalue weighted by atomic mass is 10.2. The number of anilines is 1. The summed E-state index contributed by atoms with van der Waals surface area (Å²) in [5.41, 5.74) is -1.61. The van der Waals surface area contributed by atoms with Crippen LogP contribution in [0.1, 0.15) is 10.4 Å². The first-order chi connectivity index (χ1) is 9.40. The highest BCUT2D eigenvalue weighted by atomic mass is 19.2. The zero-order valence-electron chi connectivity index (χ0n) is 9.55. The van der Waals surface area contributed by atoms with Crippen molar-refractivity contribution in [2.45, 2.75) is 0 Å². The summed E-state index contributed by atoms with van der Waals surface area (Å²) in [5.74, 6) is -8.53. The SMILES string of the molecule is O=C(Nc1cc(F)cc(F)c1F)c1ccnc(F)c1F. The van der Waals surface area contributed by atoms with Gasteiger partial charge in [-0.05, 0) is 6.07 Å². The molecule has 0 aliphatic rings. The number of amides is 1. The summed E-state index contributed by atoms with van der Waals surface area (Å²) in [7, 11) is 0. The molecule has 0 bridgehead atoms. The van der Waals surface area contributed by atoms with E-state index in [1.165, 1.54) is 0 Å². The molecule has 3 nitrogen and oxygen atoms in total. The standard InChI is InChI=1S/C12H5F5N2O/c13-5-3-7(14)10(16)8(4-5)19-12(20)6-1-2-18-11(17)9(6)15/h1-4H,(H,19,20). The number of rotatable bonds is 2. The molecule has 0 radical (unpaired) electrons. The molecule has 0 aliphatic carbocycles. The zero-order valence-corrected chi connectivity index (χ0v) is 9.55. The number of nitrogens with one attached hydrogen (secondary N) is 1. The summed E-state index contributed by atoms with van der Waals surface area (Å²) in [5, 5.41) is 1.75. The molecule has 0 saturated heterocycles. The van der Waals surface area contributed by atoms with Crippen molar-refractivity contribution >= 4 is 11.6 Å². The molecule has 2 rings (SSSR count). The highest BCUT2D eigenvalue weighted by Gasteiger charge is 2.19. The largest absolute Gasteiger partial charge is 0.319 e. The molecule has 0 aliphatic heterocycles. The average Bonchev–Trinajstić information content (AvgIpc) is 2.38. The fraction of sp³-hybridized carbons (Fsp3) is 0. The molecule has 0 spiro atoms. The lowest BCUT2D eigenvalue weighted by molar-refractivity contribution is 0.102. The van der Waals surface area contributed by atoms with E-state index in [2.05, 4.69) is 4.98 Å². The molecule has 0 atom stereocenters. The van der Waals surface area contributed by atoms with Crippen molar-refractivity contribution < 1.29 is 26.7 Å². The maximum Gasteiger partial charge on any atom is 0.258 e. The number of carbonyl (C=O) groups is 1. The Kier molecular flexibility index (Phi) is 3.64. The number of benzene rings is 1. The number of aromatic nitrogens is 1. The first-order valence-corrected chi connectivity index (χ1v) is 5.16. The lowest BCUT2D eigenvalue weighted by Crippen LogP contribution is -2.16. The van der Waals surface area contributed by atoms with Gasteiger partial charge in [0.1, 0.15) is 5.82 Å². The summed E-state index contributed by atoms with van der Waals surface area (Å²) < 4.78 is 65.2. The Morgan fingerprint density at radius 3 is 2.45 bits per heavy atom. The zero-order chi connectivity index (χ0) is 14.9. The summed E-state index contributed by atoms with van der Waals surface area (Å²) in [6.45, 7) is 0. The van der Waals surface area contributed by atoms with E-state index >= 15 is 0 Å². The summed E-state index contributed by atoms with van der Waals surface area (Å²) in [6, 6.07) is 1.62. The minimum atomic E-state index is -1.55. The maximum atomic E-state index is 13.3. The van der Waals surface area contributed by atoms with Crippen molar-refractivity contribution in [2.24, 2.45) is 0 Å². The Morgan fingerprint density at radius 2 is 1.75 bits per heavy atom. The van der Waals surface area contributed by atoms with Gasteiger partial charge in [0.05, 0.1) is 11.3 Å². The van der Waals surface area contributed by atoms with Crippen molar-refractivity contribution in [3.63, 3.8) is 0 Å². The van der Waals surface area contributed by atoms with Crippen LogP contribution in [0.2, 0.25) is 0 Å². The van der Waals surface area contributed by atoms with Crippen molar-refractivity contribution in [1.82, 2.24) is 4.98 Å². The summed E-state index contributed by atoms with van der Waals surface area (Å²) in [4.78, 5) is 14.6. The normalized spacial score (nSPS) is 10.4. The van der Waals surface area contributed by atoms with Crippen LogP contribution in [0, 0.1) is 29.2 Å². The van der Waals surface area contributed by atoms with Gasteiger partial charge >= 0.3 is 0 Å². The van der Waals surface area contributed by atoms with Crippen molar-refractivity contribution in [3.8, 4) is 0 Å². The molecular formula is C12H5F5N2O. The number of carbonyl (C=O) groups excluding carboxylic acids is 1. The van der Waals surface area contributed by atoms with E-state index in [0.29, 0.717) is 6.07 Å². The van der Waals surface area contributed by atoms with Crippen LogP contribution < -0.4 is 5.32 Å². The van der Waals surface area contributed by atoms with Crippen LogP contribution in [0.25, 0.3) is 0 Å². The van der Waals surface area contributed by atoms with Gasteiger partial charge in [0, 0.05) is 18.3 Å². The second-order valence-corrected chi connectivity index (χ2v) is 3.67. The van der Waals surface area contributed by atoms with E-state index < -0.39 is 46.4 Å². The fourth-order valence-corrected chi connectivity index (χ4v) is 1.43. The van der Waals surface area contributed by atoms with Crippen LogP contribution in [0.4, 0.5) is 27.6 Å². The molecule has 104 valence electrons. The molecule has 1 amide bonds. The third kappa shape index (κ3) is 2.58. The van der Waals surface area contributed by atoms with E-state index in [0.717, 1.165) is 12.3 Å². The average molecular weight is 288 g/mol. The van der Waals surface area contributed by atoms with Gasteiger partial charge in [0.25, 0.3) is 5.91 Å². The smallest absolute Gasteiger partial charge is 0.258 e. The molecule has 1 aromatic carbocycles. The van der Waals surface area contributed by atoms with Gasteiger partial charge < -0.3 is 5.32 Å². The van der Waals surface area contributed by atoms with Gasteiger partial charge in [-0.15, -0.1) is 0 Å². The Balaban J connectivity index is 2.35. The molecule has 1 heterocycles. The van der Waals surface area contributed by atoms with Crippen molar-refractivity contribution in [3.05, 3.63) is 59.2 Å². The summed E-state index contributed by atoms with van der Waals surface area (Å²) in [6.07, 6.45) is 0.815. The van der Waals surface area contributed by atoms with Gasteiger partial charge in [-0.2, -0.15) is 4.39 Å². The maximum absolute atomic E-state index is 13.3. The molecule has 8 heteroatoms. The van der Waals surface area contributed by atoms with Crippen LogP contribution in [0.3, 0.4) is 0 Å². The monoisotopic (exact) mass is 288 g/mol. The van der Waals surface area contributed by atoms with Gasteiger partial charge in [0.15, 0.2) is 17.5 Å². The van der Waals surface area contributed by atoms with Crippen molar-refractivity contribution in [2.75, 3.05) is 5.32 Å². The first-order valence-electron chi connectivity index (χ1n) is 5.16. The molecule has 0 fully saturated rings.